The fourth-order valence-corrected chi connectivity index (χ4v) is 2.94. The summed E-state index contributed by atoms with van der Waals surface area (Å²) in [5, 5.41) is 5.72. The molecular weight excluding hydrogens is 258 g/mol. The highest BCUT2D eigenvalue weighted by Crippen LogP contribution is 2.44. The predicted octanol–water partition coefficient (Wildman–Crippen LogP) is 3.79. The summed E-state index contributed by atoms with van der Waals surface area (Å²) in [5.74, 6) is 0.596. The first-order valence-corrected chi connectivity index (χ1v) is 7.26. The SMILES string of the molecule is Nc1c(NC2CC2c2ccccc2)ccc2cnccc12. The van der Waals surface area contributed by atoms with Crippen LogP contribution in [0.15, 0.2) is 60.9 Å². The van der Waals surface area contributed by atoms with Crippen LogP contribution in [0.25, 0.3) is 10.8 Å². The number of nitrogens with one attached hydrogen (secondary N) is 1. The summed E-state index contributed by atoms with van der Waals surface area (Å²) < 4.78 is 0. The fourth-order valence-electron chi connectivity index (χ4n) is 2.94. The second kappa shape index (κ2) is 4.77. The van der Waals surface area contributed by atoms with Gasteiger partial charge in [0.25, 0.3) is 0 Å². The molecule has 2 aromatic carbocycles. The van der Waals surface area contributed by atoms with Crippen molar-refractivity contribution in [2.24, 2.45) is 0 Å². The van der Waals surface area contributed by atoms with Crippen LogP contribution in [0.5, 0.6) is 0 Å². The minimum Gasteiger partial charge on any atom is -0.397 e. The van der Waals surface area contributed by atoms with E-state index >= 15 is 0 Å². The maximum Gasteiger partial charge on any atom is 0.0630 e. The van der Waals surface area contributed by atoms with Crippen LogP contribution in [-0.2, 0) is 0 Å². The summed E-state index contributed by atoms with van der Waals surface area (Å²) >= 11 is 0. The van der Waals surface area contributed by atoms with Gasteiger partial charge in [0.15, 0.2) is 0 Å². The summed E-state index contributed by atoms with van der Waals surface area (Å²) in [6.45, 7) is 0. The molecule has 0 amide bonds. The van der Waals surface area contributed by atoms with E-state index in [0.29, 0.717) is 12.0 Å². The van der Waals surface area contributed by atoms with Gasteiger partial charge in [0.1, 0.15) is 0 Å². The summed E-state index contributed by atoms with van der Waals surface area (Å²) in [5.41, 5.74) is 9.53. The van der Waals surface area contributed by atoms with Crippen molar-refractivity contribution in [2.75, 3.05) is 11.1 Å². The summed E-state index contributed by atoms with van der Waals surface area (Å²) in [6, 6.07) is 17.2. The molecule has 3 heteroatoms. The quantitative estimate of drug-likeness (QED) is 0.715. The first-order valence-electron chi connectivity index (χ1n) is 7.26. The van der Waals surface area contributed by atoms with Crippen molar-refractivity contribution in [3.05, 3.63) is 66.5 Å². The molecule has 1 heterocycles. The Morgan fingerprint density at radius 1 is 1.05 bits per heavy atom. The van der Waals surface area contributed by atoms with Crippen LogP contribution in [-0.4, -0.2) is 11.0 Å². The van der Waals surface area contributed by atoms with Crippen LogP contribution in [0.1, 0.15) is 17.9 Å². The Bertz CT molecular complexity index is 783. The number of benzene rings is 2. The van der Waals surface area contributed by atoms with Crippen molar-refractivity contribution >= 4 is 22.1 Å². The Hall–Kier alpha value is -2.55. The van der Waals surface area contributed by atoms with Crippen LogP contribution in [0.2, 0.25) is 0 Å². The van der Waals surface area contributed by atoms with Crippen molar-refractivity contribution in [1.82, 2.24) is 4.98 Å². The third kappa shape index (κ3) is 2.21. The molecule has 1 aliphatic rings. The number of nitrogens with zero attached hydrogens (tertiary/aromatic N) is 1. The number of anilines is 2. The molecule has 0 aliphatic heterocycles. The Labute approximate surface area is 123 Å². The number of nitrogen functional groups attached to an aromatic ring is 1. The van der Waals surface area contributed by atoms with Gasteiger partial charge in [-0.25, -0.2) is 0 Å². The standard InChI is InChI=1S/C18H17N3/c19-18-14-8-9-20-11-13(14)6-7-16(18)21-17-10-15(17)12-4-2-1-3-5-12/h1-9,11,15,17,21H,10,19H2. The Morgan fingerprint density at radius 2 is 1.90 bits per heavy atom. The van der Waals surface area contributed by atoms with E-state index in [1.807, 2.05) is 12.3 Å². The van der Waals surface area contributed by atoms with Crippen LogP contribution >= 0.6 is 0 Å². The minimum absolute atomic E-state index is 0.481. The van der Waals surface area contributed by atoms with Crippen molar-refractivity contribution in [3.63, 3.8) is 0 Å². The first kappa shape index (κ1) is 12.2. The molecule has 1 saturated carbocycles. The Balaban J connectivity index is 1.58. The minimum atomic E-state index is 0.481. The zero-order chi connectivity index (χ0) is 14.2. The highest BCUT2D eigenvalue weighted by Gasteiger charge is 2.38. The molecule has 1 fully saturated rings. The lowest BCUT2D eigenvalue weighted by atomic mass is 10.1. The fraction of sp³-hybridized carbons (Fsp3) is 0.167. The number of hydrogen-bond donors (Lipinski definition) is 2. The zero-order valence-corrected chi connectivity index (χ0v) is 11.7. The van der Waals surface area contributed by atoms with Gasteiger partial charge < -0.3 is 11.1 Å². The highest BCUT2D eigenvalue weighted by molar-refractivity contribution is 5.98. The van der Waals surface area contributed by atoms with Gasteiger partial charge >= 0.3 is 0 Å². The molecule has 1 aromatic heterocycles. The monoisotopic (exact) mass is 275 g/mol. The highest BCUT2D eigenvalue weighted by atomic mass is 15.0. The lowest BCUT2D eigenvalue weighted by Gasteiger charge is -2.11. The third-order valence-corrected chi connectivity index (χ3v) is 4.22. The van der Waals surface area contributed by atoms with Crippen LogP contribution in [0, 0.1) is 0 Å². The number of hydrogen-bond acceptors (Lipinski definition) is 3. The summed E-state index contributed by atoms with van der Waals surface area (Å²) in [4.78, 5) is 4.13. The van der Waals surface area contributed by atoms with Gasteiger partial charge in [-0.3, -0.25) is 4.98 Å². The zero-order valence-electron chi connectivity index (χ0n) is 11.7. The van der Waals surface area contributed by atoms with Crippen LogP contribution in [0.4, 0.5) is 11.4 Å². The van der Waals surface area contributed by atoms with E-state index in [4.69, 9.17) is 5.73 Å². The average molecular weight is 275 g/mol. The number of rotatable bonds is 3. The maximum atomic E-state index is 6.29. The predicted molar refractivity (Wildman–Crippen MR) is 87.4 cm³/mol. The van der Waals surface area contributed by atoms with Crippen molar-refractivity contribution in [3.8, 4) is 0 Å². The van der Waals surface area contributed by atoms with Gasteiger partial charge in [-0.1, -0.05) is 36.4 Å². The van der Waals surface area contributed by atoms with Gasteiger partial charge in [-0.2, -0.15) is 0 Å². The Morgan fingerprint density at radius 3 is 2.76 bits per heavy atom. The maximum absolute atomic E-state index is 6.29. The normalized spacial score (nSPS) is 20.4. The van der Waals surface area contributed by atoms with E-state index in [1.54, 1.807) is 6.20 Å². The van der Waals surface area contributed by atoms with E-state index in [1.165, 1.54) is 5.56 Å². The first-order chi connectivity index (χ1) is 10.3. The van der Waals surface area contributed by atoms with Crippen molar-refractivity contribution in [1.29, 1.82) is 0 Å². The Kier molecular flexibility index (Phi) is 2.78. The molecule has 0 spiro atoms. The average Bonchev–Trinajstić information content (AvgIpc) is 3.31. The molecule has 4 rings (SSSR count). The molecule has 3 aromatic rings. The molecule has 3 nitrogen and oxygen atoms in total. The molecule has 104 valence electrons. The number of fused-ring (bicyclic) bond motifs is 1. The van der Waals surface area contributed by atoms with Crippen molar-refractivity contribution in [2.45, 2.75) is 18.4 Å². The smallest absolute Gasteiger partial charge is 0.0630 e. The topological polar surface area (TPSA) is 50.9 Å². The van der Waals surface area contributed by atoms with E-state index in [2.05, 4.69) is 52.8 Å². The van der Waals surface area contributed by atoms with Gasteiger partial charge in [0.2, 0.25) is 0 Å². The van der Waals surface area contributed by atoms with E-state index < -0.39 is 0 Å². The number of nitrogens with two attached hydrogens (primary N) is 1. The molecular formula is C18H17N3. The van der Waals surface area contributed by atoms with E-state index in [-0.39, 0.29) is 0 Å². The van der Waals surface area contributed by atoms with Gasteiger partial charge in [0.05, 0.1) is 11.4 Å². The van der Waals surface area contributed by atoms with E-state index in [9.17, 15) is 0 Å². The third-order valence-electron chi connectivity index (χ3n) is 4.22. The molecule has 2 unspecified atom stereocenters. The van der Waals surface area contributed by atoms with Crippen molar-refractivity contribution < 1.29 is 0 Å². The molecule has 3 N–H and O–H groups in total. The number of aromatic nitrogens is 1. The molecule has 0 bridgehead atoms. The molecule has 21 heavy (non-hydrogen) atoms. The van der Waals surface area contributed by atoms with Crippen LogP contribution in [0.3, 0.4) is 0 Å². The molecule has 1 aliphatic carbocycles. The van der Waals surface area contributed by atoms with E-state index in [0.717, 1.165) is 28.6 Å². The van der Waals surface area contributed by atoms with Crippen LogP contribution < -0.4 is 11.1 Å². The largest absolute Gasteiger partial charge is 0.397 e. The van der Waals surface area contributed by atoms with Gasteiger partial charge in [0, 0.05) is 35.1 Å². The second-order valence-corrected chi connectivity index (χ2v) is 5.63. The van der Waals surface area contributed by atoms with Gasteiger partial charge in [-0.15, -0.1) is 0 Å². The number of pyridine rings is 1. The second-order valence-electron chi connectivity index (χ2n) is 5.63. The molecule has 0 saturated heterocycles. The lowest BCUT2D eigenvalue weighted by Crippen LogP contribution is -2.06. The van der Waals surface area contributed by atoms with Gasteiger partial charge in [-0.05, 0) is 24.1 Å². The summed E-state index contributed by atoms with van der Waals surface area (Å²) in [7, 11) is 0. The molecule has 2 atom stereocenters. The summed E-state index contributed by atoms with van der Waals surface area (Å²) in [6.07, 6.45) is 4.80. The lowest BCUT2D eigenvalue weighted by molar-refractivity contribution is 1.05. The molecule has 0 radical (unpaired) electrons.